The molecule has 3 heterocycles. The molecule has 1 aromatic carbocycles. The van der Waals surface area contributed by atoms with Gasteiger partial charge in [0.15, 0.2) is 5.65 Å². The smallest absolute Gasteiger partial charge is 0.263 e. The fraction of sp³-hybridized carbons (Fsp3) is 0.263. The lowest BCUT2D eigenvalue weighted by molar-refractivity contribution is 0.392. The maximum atomic E-state index is 12.3. The molecule has 27 heavy (non-hydrogen) atoms. The van der Waals surface area contributed by atoms with E-state index in [0.717, 1.165) is 35.5 Å². The topological polar surface area (TPSA) is 102 Å². The van der Waals surface area contributed by atoms with Gasteiger partial charge < -0.3 is 9.84 Å². The van der Waals surface area contributed by atoms with Crippen LogP contribution in [0.15, 0.2) is 45.8 Å². The number of aromatic amines is 1. The van der Waals surface area contributed by atoms with Crippen molar-refractivity contribution < 1.29 is 4.52 Å². The largest absolute Gasteiger partial charge is 0.361 e. The molecule has 0 aliphatic rings. The molecule has 3 aromatic heterocycles. The molecular weight excluding hydrogens is 344 g/mol. The van der Waals surface area contributed by atoms with E-state index in [2.05, 4.69) is 25.5 Å². The van der Waals surface area contributed by atoms with Crippen molar-refractivity contribution in [1.29, 1.82) is 0 Å². The van der Waals surface area contributed by atoms with Crippen LogP contribution in [0.25, 0.3) is 16.7 Å². The van der Waals surface area contributed by atoms with Gasteiger partial charge in [0.2, 0.25) is 5.95 Å². The third kappa shape index (κ3) is 3.33. The van der Waals surface area contributed by atoms with Crippen LogP contribution < -0.4 is 10.9 Å². The highest BCUT2D eigenvalue weighted by molar-refractivity contribution is 5.76. The van der Waals surface area contributed by atoms with Crippen LogP contribution in [0, 0.1) is 13.8 Å². The third-order valence-electron chi connectivity index (χ3n) is 4.52. The van der Waals surface area contributed by atoms with Crippen molar-refractivity contribution >= 4 is 17.0 Å². The second-order valence-corrected chi connectivity index (χ2v) is 6.38. The first kappa shape index (κ1) is 17.0. The Morgan fingerprint density at radius 3 is 2.78 bits per heavy atom. The number of nitrogens with zero attached hydrogens (tertiary/aromatic N) is 4. The van der Waals surface area contributed by atoms with Gasteiger partial charge in [-0.2, -0.15) is 10.1 Å². The second kappa shape index (κ2) is 7.06. The fourth-order valence-electron chi connectivity index (χ4n) is 3.09. The summed E-state index contributed by atoms with van der Waals surface area (Å²) < 4.78 is 6.85. The van der Waals surface area contributed by atoms with Crippen LogP contribution >= 0.6 is 0 Å². The van der Waals surface area contributed by atoms with Crippen molar-refractivity contribution in [2.45, 2.75) is 26.7 Å². The van der Waals surface area contributed by atoms with Crippen LogP contribution in [-0.4, -0.2) is 31.4 Å². The minimum Gasteiger partial charge on any atom is -0.361 e. The molecule has 0 spiro atoms. The maximum absolute atomic E-state index is 12.3. The minimum absolute atomic E-state index is 0.213. The van der Waals surface area contributed by atoms with Gasteiger partial charge in [-0.15, -0.1) is 0 Å². The molecule has 0 bridgehead atoms. The Kier molecular flexibility index (Phi) is 4.45. The quantitative estimate of drug-likeness (QED) is 0.510. The summed E-state index contributed by atoms with van der Waals surface area (Å²) in [5, 5.41) is 11.9. The highest BCUT2D eigenvalue weighted by atomic mass is 16.5. The van der Waals surface area contributed by atoms with Gasteiger partial charge in [0, 0.05) is 12.1 Å². The standard InChI is InChI=1S/C19H20N6O2/c1-12-15(13(2)27-24-12)9-6-10-20-19-22-17-16(18(26)23-19)11-21-25(17)14-7-4-3-5-8-14/h3-5,7-8,11H,6,9-10H2,1-2H3,(H2,20,22,23,26). The molecule has 0 aliphatic heterocycles. The Labute approximate surface area is 155 Å². The Morgan fingerprint density at radius 1 is 1.22 bits per heavy atom. The van der Waals surface area contributed by atoms with Crippen LogP contribution in [0.2, 0.25) is 0 Å². The number of fused-ring (bicyclic) bond motifs is 1. The highest BCUT2D eigenvalue weighted by Gasteiger charge is 2.12. The average molecular weight is 364 g/mol. The number of aryl methyl sites for hydroxylation is 2. The van der Waals surface area contributed by atoms with Crippen LogP contribution in [0.5, 0.6) is 0 Å². The summed E-state index contributed by atoms with van der Waals surface area (Å²) in [5.41, 5.74) is 3.23. The van der Waals surface area contributed by atoms with Crippen molar-refractivity contribution in [1.82, 2.24) is 24.9 Å². The number of rotatable bonds is 6. The summed E-state index contributed by atoms with van der Waals surface area (Å²) in [6, 6.07) is 9.62. The first-order valence-electron chi connectivity index (χ1n) is 8.82. The van der Waals surface area contributed by atoms with E-state index in [1.807, 2.05) is 44.2 Å². The van der Waals surface area contributed by atoms with Gasteiger partial charge in [-0.25, -0.2) is 4.68 Å². The normalized spacial score (nSPS) is 11.2. The van der Waals surface area contributed by atoms with E-state index in [1.54, 1.807) is 4.68 Å². The molecule has 138 valence electrons. The van der Waals surface area contributed by atoms with E-state index in [-0.39, 0.29) is 5.56 Å². The Bertz CT molecular complexity index is 1110. The summed E-state index contributed by atoms with van der Waals surface area (Å²) in [6.07, 6.45) is 3.25. The third-order valence-corrected chi connectivity index (χ3v) is 4.52. The summed E-state index contributed by atoms with van der Waals surface area (Å²) in [4.78, 5) is 19.7. The zero-order chi connectivity index (χ0) is 18.8. The van der Waals surface area contributed by atoms with E-state index in [1.165, 1.54) is 6.20 Å². The zero-order valence-corrected chi connectivity index (χ0v) is 15.2. The van der Waals surface area contributed by atoms with Gasteiger partial charge >= 0.3 is 0 Å². The van der Waals surface area contributed by atoms with Crippen LogP contribution in [0.3, 0.4) is 0 Å². The molecule has 0 fully saturated rings. The number of H-pyrrole nitrogens is 1. The van der Waals surface area contributed by atoms with E-state index < -0.39 is 0 Å². The first-order valence-corrected chi connectivity index (χ1v) is 8.82. The molecular formula is C19H20N6O2. The lowest BCUT2D eigenvalue weighted by Gasteiger charge is -2.07. The number of para-hydroxylation sites is 1. The molecule has 8 heteroatoms. The predicted molar refractivity (Wildman–Crippen MR) is 102 cm³/mol. The van der Waals surface area contributed by atoms with E-state index >= 15 is 0 Å². The van der Waals surface area contributed by atoms with Gasteiger partial charge in [0.25, 0.3) is 5.56 Å². The summed E-state index contributed by atoms with van der Waals surface area (Å²) in [5.74, 6) is 1.29. The monoisotopic (exact) mass is 364 g/mol. The zero-order valence-electron chi connectivity index (χ0n) is 15.2. The summed E-state index contributed by atoms with van der Waals surface area (Å²) in [7, 11) is 0. The SMILES string of the molecule is Cc1noc(C)c1CCCNc1nc2c(cnn2-c2ccccc2)c(=O)[nH]1. The van der Waals surface area contributed by atoms with Gasteiger partial charge in [-0.3, -0.25) is 9.78 Å². The van der Waals surface area contributed by atoms with Crippen LogP contribution in [0.4, 0.5) is 5.95 Å². The average Bonchev–Trinajstić information content (AvgIpc) is 3.24. The van der Waals surface area contributed by atoms with E-state index in [4.69, 9.17) is 4.52 Å². The lowest BCUT2D eigenvalue weighted by Crippen LogP contribution is -2.14. The minimum atomic E-state index is -0.213. The van der Waals surface area contributed by atoms with Crippen molar-refractivity contribution in [2.75, 3.05) is 11.9 Å². The molecule has 0 radical (unpaired) electrons. The maximum Gasteiger partial charge on any atom is 0.263 e. The van der Waals surface area contributed by atoms with E-state index in [9.17, 15) is 4.79 Å². The predicted octanol–water partition coefficient (Wildman–Crippen LogP) is 2.76. The molecule has 0 unspecified atom stereocenters. The molecule has 0 amide bonds. The Morgan fingerprint density at radius 2 is 2.04 bits per heavy atom. The van der Waals surface area contributed by atoms with Crippen molar-refractivity contribution in [3.63, 3.8) is 0 Å². The molecule has 0 saturated carbocycles. The van der Waals surface area contributed by atoms with E-state index in [0.29, 0.717) is 23.5 Å². The molecule has 0 aliphatic carbocycles. The molecule has 4 rings (SSSR count). The lowest BCUT2D eigenvalue weighted by atomic mass is 10.1. The van der Waals surface area contributed by atoms with Crippen LogP contribution in [-0.2, 0) is 6.42 Å². The van der Waals surface area contributed by atoms with Gasteiger partial charge in [-0.05, 0) is 38.8 Å². The number of benzene rings is 1. The fourth-order valence-corrected chi connectivity index (χ4v) is 3.09. The highest BCUT2D eigenvalue weighted by Crippen LogP contribution is 2.16. The molecule has 4 aromatic rings. The number of hydrogen-bond acceptors (Lipinski definition) is 6. The summed E-state index contributed by atoms with van der Waals surface area (Å²) in [6.45, 7) is 4.52. The van der Waals surface area contributed by atoms with Crippen LogP contribution in [0.1, 0.15) is 23.4 Å². The molecule has 2 N–H and O–H groups in total. The number of aromatic nitrogens is 5. The number of anilines is 1. The Hall–Kier alpha value is -3.42. The Balaban J connectivity index is 1.52. The number of nitrogens with one attached hydrogen (secondary N) is 2. The van der Waals surface area contributed by atoms with Gasteiger partial charge in [0.1, 0.15) is 11.1 Å². The molecule has 8 nitrogen and oxygen atoms in total. The van der Waals surface area contributed by atoms with Gasteiger partial charge in [0.05, 0.1) is 17.6 Å². The summed E-state index contributed by atoms with van der Waals surface area (Å²) >= 11 is 0. The second-order valence-electron chi connectivity index (χ2n) is 6.38. The van der Waals surface area contributed by atoms with Gasteiger partial charge in [-0.1, -0.05) is 23.4 Å². The van der Waals surface area contributed by atoms with Crippen molar-refractivity contribution in [3.8, 4) is 5.69 Å². The molecule has 0 saturated heterocycles. The first-order chi connectivity index (χ1) is 13.1. The van der Waals surface area contributed by atoms with Crippen molar-refractivity contribution in [2.24, 2.45) is 0 Å². The number of hydrogen-bond donors (Lipinski definition) is 2. The molecule has 0 atom stereocenters. The van der Waals surface area contributed by atoms with Crippen molar-refractivity contribution in [3.05, 3.63) is 63.9 Å².